The van der Waals surface area contributed by atoms with Gasteiger partial charge in [0.05, 0.1) is 0 Å². The Hall–Kier alpha value is -2.10. The van der Waals surface area contributed by atoms with Gasteiger partial charge in [0, 0.05) is 51.5 Å². The molecule has 0 bridgehead atoms. The number of aromatic nitrogens is 2. The SMILES string of the molecule is CCNC(=NCCCn1cccn1)NCCC(=O)NCc1ccccc1.I. The molecule has 0 atom stereocenters. The van der Waals surface area contributed by atoms with Crippen molar-refractivity contribution in [3.05, 3.63) is 54.4 Å². The quantitative estimate of drug-likeness (QED) is 0.209. The molecular weight excluding hydrogens is 455 g/mol. The number of aryl methyl sites for hydroxylation is 1. The first-order valence-corrected chi connectivity index (χ1v) is 9.08. The number of halogens is 1. The highest BCUT2D eigenvalue weighted by atomic mass is 127. The van der Waals surface area contributed by atoms with Crippen molar-refractivity contribution in [3.63, 3.8) is 0 Å². The lowest BCUT2D eigenvalue weighted by Gasteiger charge is -2.11. The van der Waals surface area contributed by atoms with Crippen molar-refractivity contribution < 1.29 is 4.79 Å². The van der Waals surface area contributed by atoms with Crippen molar-refractivity contribution in [3.8, 4) is 0 Å². The summed E-state index contributed by atoms with van der Waals surface area (Å²) in [5, 5.41) is 13.5. The molecular formula is C19H29IN6O. The number of carbonyl (C=O) groups is 1. The van der Waals surface area contributed by atoms with Crippen LogP contribution in [0.4, 0.5) is 0 Å². The highest BCUT2D eigenvalue weighted by Crippen LogP contribution is 1.97. The Morgan fingerprint density at radius 2 is 1.96 bits per heavy atom. The second-order valence-electron chi connectivity index (χ2n) is 5.82. The molecule has 3 N–H and O–H groups in total. The molecule has 7 nitrogen and oxygen atoms in total. The number of nitrogens with zero attached hydrogens (tertiary/aromatic N) is 3. The fourth-order valence-corrected chi connectivity index (χ4v) is 2.38. The van der Waals surface area contributed by atoms with Gasteiger partial charge in [-0.2, -0.15) is 5.10 Å². The number of carbonyl (C=O) groups excluding carboxylic acids is 1. The minimum atomic E-state index is 0. The second kappa shape index (κ2) is 14.0. The normalized spacial score (nSPS) is 10.8. The highest BCUT2D eigenvalue weighted by molar-refractivity contribution is 14.0. The van der Waals surface area contributed by atoms with Gasteiger partial charge in [0.2, 0.25) is 5.91 Å². The maximum Gasteiger partial charge on any atom is 0.222 e. The number of guanidine groups is 1. The molecule has 0 aliphatic rings. The highest BCUT2D eigenvalue weighted by Gasteiger charge is 2.03. The molecule has 0 radical (unpaired) electrons. The van der Waals surface area contributed by atoms with Crippen molar-refractivity contribution in [2.24, 2.45) is 4.99 Å². The number of hydrogen-bond donors (Lipinski definition) is 3. The van der Waals surface area contributed by atoms with Gasteiger partial charge in [0.1, 0.15) is 0 Å². The van der Waals surface area contributed by atoms with Gasteiger partial charge in [-0.1, -0.05) is 30.3 Å². The smallest absolute Gasteiger partial charge is 0.222 e. The zero-order chi connectivity index (χ0) is 18.5. The van der Waals surface area contributed by atoms with Gasteiger partial charge in [-0.3, -0.25) is 14.5 Å². The summed E-state index contributed by atoms with van der Waals surface area (Å²) in [4.78, 5) is 16.5. The molecule has 2 aromatic rings. The predicted molar refractivity (Wildman–Crippen MR) is 119 cm³/mol. The van der Waals surface area contributed by atoms with E-state index in [1.807, 2.05) is 54.2 Å². The molecule has 0 aliphatic heterocycles. The van der Waals surface area contributed by atoms with Crippen LogP contribution in [0, 0.1) is 0 Å². The first kappa shape index (κ1) is 22.9. The molecule has 1 amide bonds. The fraction of sp³-hybridized carbons (Fsp3) is 0.421. The molecule has 0 unspecified atom stereocenters. The maximum atomic E-state index is 11.9. The first-order chi connectivity index (χ1) is 12.8. The first-order valence-electron chi connectivity index (χ1n) is 9.08. The summed E-state index contributed by atoms with van der Waals surface area (Å²) in [6.45, 7) is 5.46. The van der Waals surface area contributed by atoms with E-state index in [9.17, 15) is 4.79 Å². The largest absolute Gasteiger partial charge is 0.357 e. The summed E-state index contributed by atoms with van der Waals surface area (Å²) in [6.07, 6.45) is 5.04. The van der Waals surface area contributed by atoms with E-state index in [1.165, 1.54) is 0 Å². The second-order valence-corrected chi connectivity index (χ2v) is 5.82. The molecule has 1 heterocycles. The Bertz CT molecular complexity index is 660. The number of amides is 1. The van der Waals surface area contributed by atoms with Crippen LogP contribution in [0.5, 0.6) is 0 Å². The average molecular weight is 484 g/mol. The molecule has 0 aliphatic carbocycles. The van der Waals surface area contributed by atoms with Gasteiger partial charge < -0.3 is 16.0 Å². The average Bonchev–Trinajstić information content (AvgIpc) is 3.18. The van der Waals surface area contributed by atoms with E-state index >= 15 is 0 Å². The molecule has 1 aromatic heterocycles. The Kier molecular flexibility index (Phi) is 11.9. The maximum absolute atomic E-state index is 11.9. The minimum absolute atomic E-state index is 0. The number of benzene rings is 1. The Labute approximate surface area is 178 Å². The minimum Gasteiger partial charge on any atom is -0.357 e. The lowest BCUT2D eigenvalue weighted by atomic mass is 10.2. The van der Waals surface area contributed by atoms with Gasteiger partial charge in [0.15, 0.2) is 5.96 Å². The van der Waals surface area contributed by atoms with E-state index in [0.717, 1.165) is 31.0 Å². The number of hydrogen-bond acceptors (Lipinski definition) is 3. The zero-order valence-corrected chi connectivity index (χ0v) is 18.1. The molecule has 0 saturated carbocycles. The van der Waals surface area contributed by atoms with Crippen LogP contribution < -0.4 is 16.0 Å². The van der Waals surface area contributed by atoms with Crippen LogP contribution in [0.25, 0.3) is 0 Å². The summed E-state index contributed by atoms with van der Waals surface area (Å²) in [6, 6.07) is 11.8. The van der Waals surface area contributed by atoms with E-state index in [-0.39, 0.29) is 29.9 Å². The molecule has 2 rings (SSSR count). The molecule has 0 saturated heterocycles. The molecule has 27 heavy (non-hydrogen) atoms. The summed E-state index contributed by atoms with van der Waals surface area (Å²) >= 11 is 0. The van der Waals surface area contributed by atoms with Crippen LogP contribution in [-0.2, 0) is 17.9 Å². The summed E-state index contributed by atoms with van der Waals surface area (Å²) in [5.41, 5.74) is 1.10. The Morgan fingerprint density at radius 3 is 2.67 bits per heavy atom. The van der Waals surface area contributed by atoms with Crippen LogP contribution in [-0.4, -0.2) is 41.3 Å². The summed E-state index contributed by atoms with van der Waals surface area (Å²) in [5.74, 6) is 0.764. The van der Waals surface area contributed by atoms with E-state index in [4.69, 9.17) is 0 Å². The van der Waals surface area contributed by atoms with E-state index in [2.05, 4.69) is 26.0 Å². The van der Waals surface area contributed by atoms with Gasteiger partial charge in [-0.15, -0.1) is 24.0 Å². The van der Waals surface area contributed by atoms with E-state index < -0.39 is 0 Å². The van der Waals surface area contributed by atoms with Crippen LogP contribution in [0.3, 0.4) is 0 Å². The monoisotopic (exact) mass is 484 g/mol. The molecule has 148 valence electrons. The van der Waals surface area contributed by atoms with Crippen LogP contribution >= 0.6 is 24.0 Å². The number of nitrogens with one attached hydrogen (secondary N) is 3. The molecule has 0 fully saturated rings. The van der Waals surface area contributed by atoms with Crippen LogP contribution in [0.2, 0.25) is 0 Å². The standard InChI is InChI=1S/C19H28N6O.HI/c1-2-20-19(21-11-6-14-25-15-7-12-24-25)22-13-10-18(26)23-16-17-8-4-3-5-9-17;/h3-5,7-9,12,15H,2,6,10-11,13-14,16H2,1H3,(H,23,26)(H2,20,21,22);1H. The van der Waals surface area contributed by atoms with Crippen molar-refractivity contribution >= 4 is 35.8 Å². The molecule has 1 aromatic carbocycles. The van der Waals surface area contributed by atoms with Gasteiger partial charge in [-0.25, -0.2) is 0 Å². The third-order valence-corrected chi connectivity index (χ3v) is 3.70. The van der Waals surface area contributed by atoms with Crippen LogP contribution in [0.15, 0.2) is 53.8 Å². The molecule has 8 heteroatoms. The van der Waals surface area contributed by atoms with E-state index in [0.29, 0.717) is 26.1 Å². The predicted octanol–water partition coefficient (Wildman–Crippen LogP) is 2.15. The zero-order valence-electron chi connectivity index (χ0n) is 15.7. The number of rotatable bonds is 10. The number of aliphatic imine (C=N–C) groups is 1. The van der Waals surface area contributed by atoms with Crippen molar-refractivity contribution in [1.82, 2.24) is 25.7 Å². The van der Waals surface area contributed by atoms with Crippen molar-refractivity contribution in [2.45, 2.75) is 32.9 Å². The fourth-order valence-electron chi connectivity index (χ4n) is 2.38. The third kappa shape index (κ3) is 9.97. The summed E-state index contributed by atoms with van der Waals surface area (Å²) < 4.78 is 1.90. The lowest BCUT2D eigenvalue weighted by Crippen LogP contribution is -2.39. The third-order valence-electron chi connectivity index (χ3n) is 3.70. The summed E-state index contributed by atoms with van der Waals surface area (Å²) in [7, 11) is 0. The topological polar surface area (TPSA) is 83.3 Å². The van der Waals surface area contributed by atoms with Gasteiger partial charge in [0.25, 0.3) is 0 Å². The Balaban J connectivity index is 0.00000364. The van der Waals surface area contributed by atoms with Crippen molar-refractivity contribution in [1.29, 1.82) is 0 Å². The van der Waals surface area contributed by atoms with Gasteiger partial charge in [-0.05, 0) is 25.0 Å². The van der Waals surface area contributed by atoms with Crippen LogP contribution in [0.1, 0.15) is 25.3 Å². The van der Waals surface area contributed by atoms with Crippen molar-refractivity contribution in [2.75, 3.05) is 19.6 Å². The molecule has 0 spiro atoms. The van der Waals surface area contributed by atoms with E-state index in [1.54, 1.807) is 6.20 Å². The Morgan fingerprint density at radius 1 is 1.15 bits per heavy atom. The van der Waals surface area contributed by atoms with Gasteiger partial charge >= 0.3 is 0 Å². The lowest BCUT2D eigenvalue weighted by molar-refractivity contribution is -0.121.